The van der Waals surface area contributed by atoms with Gasteiger partial charge >= 0.3 is 0 Å². The smallest absolute Gasteiger partial charge is 0.124 e. The lowest BCUT2D eigenvalue weighted by molar-refractivity contribution is 0.163. The molecule has 4 nitrogen and oxygen atoms in total. The summed E-state index contributed by atoms with van der Waals surface area (Å²) in [6.07, 6.45) is 5.72. The van der Waals surface area contributed by atoms with Crippen LogP contribution in [-0.2, 0) is 0 Å². The fourth-order valence-corrected chi connectivity index (χ4v) is 1.53. The maximum Gasteiger partial charge on any atom is 0.124 e. The molecule has 0 saturated heterocycles. The largest absolute Gasteiger partial charge is 0.388 e. The van der Waals surface area contributed by atoms with Gasteiger partial charge in [0.15, 0.2) is 0 Å². The van der Waals surface area contributed by atoms with E-state index in [1.807, 2.05) is 0 Å². The number of nitrogens with two attached hydrogens (primary N) is 1. The molecular weight excluding hydrogens is 166 g/mol. The first kappa shape index (κ1) is 8.56. The fourth-order valence-electron chi connectivity index (χ4n) is 1.53. The highest BCUT2D eigenvalue weighted by Gasteiger charge is 2.23. The average Bonchev–Trinajstić information content (AvgIpc) is 2.84. The lowest BCUT2D eigenvalue weighted by Crippen LogP contribution is -2.00. The Morgan fingerprint density at radius 1 is 1.69 bits per heavy atom. The molecule has 1 saturated carbocycles. The molecule has 0 spiro atoms. The highest BCUT2D eigenvalue weighted by molar-refractivity contribution is 5.38. The molecule has 1 heterocycles. The van der Waals surface area contributed by atoms with Crippen molar-refractivity contribution in [3.8, 4) is 0 Å². The number of anilines is 1. The summed E-state index contributed by atoms with van der Waals surface area (Å²) < 4.78 is 0. The summed E-state index contributed by atoms with van der Waals surface area (Å²) in [7, 11) is 0. The van der Waals surface area contributed by atoms with Crippen molar-refractivity contribution in [2.45, 2.75) is 31.8 Å². The van der Waals surface area contributed by atoms with Crippen molar-refractivity contribution in [2.24, 2.45) is 5.92 Å². The highest BCUT2D eigenvalue weighted by atomic mass is 16.3. The summed E-state index contributed by atoms with van der Waals surface area (Å²) in [5.74, 6) is 1.34. The first-order chi connectivity index (χ1) is 6.27. The lowest BCUT2D eigenvalue weighted by atomic mass is 10.1. The lowest BCUT2D eigenvalue weighted by Gasteiger charge is -2.08. The maximum absolute atomic E-state index is 9.73. The second-order valence-corrected chi connectivity index (χ2v) is 3.78. The fraction of sp³-hybridized carbons (Fsp3) is 0.667. The first-order valence-corrected chi connectivity index (χ1v) is 4.74. The molecule has 1 fully saturated rings. The quantitative estimate of drug-likeness (QED) is 0.653. The number of aromatic amines is 1. The number of nitrogens with one attached hydrogen (secondary N) is 1. The van der Waals surface area contributed by atoms with Crippen LogP contribution in [0.4, 0.5) is 5.82 Å². The molecule has 4 N–H and O–H groups in total. The minimum Gasteiger partial charge on any atom is -0.388 e. The van der Waals surface area contributed by atoms with Crippen LogP contribution in [0.15, 0.2) is 6.20 Å². The Morgan fingerprint density at radius 3 is 3.00 bits per heavy atom. The van der Waals surface area contributed by atoms with Crippen LogP contribution in [-0.4, -0.2) is 15.3 Å². The number of aromatic nitrogens is 2. The van der Waals surface area contributed by atoms with Crippen LogP contribution in [0.1, 0.15) is 37.4 Å². The maximum atomic E-state index is 9.73. The van der Waals surface area contributed by atoms with Gasteiger partial charge < -0.3 is 10.8 Å². The van der Waals surface area contributed by atoms with Crippen molar-refractivity contribution in [2.75, 3.05) is 5.73 Å². The topological polar surface area (TPSA) is 74.9 Å². The van der Waals surface area contributed by atoms with Crippen LogP contribution in [0.3, 0.4) is 0 Å². The van der Waals surface area contributed by atoms with E-state index in [2.05, 4.69) is 10.2 Å². The second kappa shape index (κ2) is 3.38. The SMILES string of the molecule is Nc1[nH]ncc1C(O)CCC1CC1. The molecule has 4 heteroatoms. The third-order valence-corrected chi connectivity index (χ3v) is 2.60. The zero-order valence-electron chi connectivity index (χ0n) is 7.53. The molecule has 0 bridgehead atoms. The van der Waals surface area contributed by atoms with E-state index < -0.39 is 6.10 Å². The van der Waals surface area contributed by atoms with E-state index in [1.54, 1.807) is 6.20 Å². The van der Waals surface area contributed by atoms with Gasteiger partial charge in [-0.3, -0.25) is 5.10 Å². The molecule has 0 amide bonds. The van der Waals surface area contributed by atoms with Gasteiger partial charge in [-0.25, -0.2) is 0 Å². The summed E-state index contributed by atoms with van der Waals surface area (Å²) in [6, 6.07) is 0. The van der Waals surface area contributed by atoms with Gasteiger partial charge in [-0.05, 0) is 18.8 Å². The Labute approximate surface area is 77.1 Å². The highest BCUT2D eigenvalue weighted by Crippen LogP contribution is 2.36. The van der Waals surface area contributed by atoms with Crippen molar-refractivity contribution >= 4 is 5.82 Å². The van der Waals surface area contributed by atoms with Crippen LogP contribution in [0.2, 0.25) is 0 Å². The van der Waals surface area contributed by atoms with E-state index in [1.165, 1.54) is 12.8 Å². The Morgan fingerprint density at radius 2 is 2.46 bits per heavy atom. The average molecular weight is 181 g/mol. The van der Waals surface area contributed by atoms with Crippen LogP contribution in [0, 0.1) is 5.92 Å². The van der Waals surface area contributed by atoms with Gasteiger partial charge in [0.1, 0.15) is 5.82 Å². The minimum absolute atomic E-state index is 0.445. The zero-order chi connectivity index (χ0) is 9.26. The summed E-state index contributed by atoms with van der Waals surface area (Å²) in [5.41, 5.74) is 6.32. The van der Waals surface area contributed by atoms with Gasteiger partial charge in [-0.1, -0.05) is 12.8 Å². The molecule has 1 aromatic heterocycles. The van der Waals surface area contributed by atoms with Gasteiger partial charge in [-0.2, -0.15) is 5.10 Å². The molecule has 1 aromatic rings. The van der Waals surface area contributed by atoms with E-state index in [-0.39, 0.29) is 0 Å². The van der Waals surface area contributed by atoms with Crippen molar-refractivity contribution in [3.05, 3.63) is 11.8 Å². The van der Waals surface area contributed by atoms with Gasteiger partial charge in [0.2, 0.25) is 0 Å². The molecule has 1 aliphatic carbocycles. The number of rotatable bonds is 4. The predicted octanol–water partition coefficient (Wildman–Crippen LogP) is 1.22. The Kier molecular flexibility index (Phi) is 2.22. The normalized spacial score (nSPS) is 18.8. The summed E-state index contributed by atoms with van der Waals surface area (Å²) in [4.78, 5) is 0. The van der Waals surface area contributed by atoms with Crippen molar-refractivity contribution < 1.29 is 5.11 Å². The van der Waals surface area contributed by atoms with Crippen LogP contribution < -0.4 is 5.73 Å². The monoisotopic (exact) mass is 181 g/mol. The second-order valence-electron chi connectivity index (χ2n) is 3.78. The number of hydrogen-bond acceptors (Lipinski definition) is 3. The van der Waals surface area contributed by atoms with Crippen LogP contribution in [0.5, 0.6) is 0 Å². The minimum atomic E-state index is -0.445. The van der Waals surface area contributed by atoms with Crippen molar-refractivity contribution in [1.82, 2.24) is 10.2 Å². The molecule has 13 heavy (non-hydrogen) atoms. The number of H-pyrrole nitrogens is 1. The van der Waals surface area contributed by atoms with Gasteiger partial charge in [0, 0.05) is 5.56 Å². The van der Waals surface area contributed by atoms with E-state index in [4.69, 9.17) is 5.73 Å². The molecular formula is C9H15N3O. The molecule has 0 radical (unpaired) electrons. The molecule has 1 unspecified atom stereocenters. The molecule has 0 aromatic carbocycles. The van der Waals surface area contributed by atoms with E-state index >= 15 is 0 Å². The molecule has 1 aliphatic rings. The Balaban J connectivity index is 1.88. The van der Waals surface area contributed by atoms with Crippen LogP contribution >= 0.6 is 0 Å². The standard InChI is InChI=1S/C9H15N3O/c10-9-7(5-11-12-9)8(13)4-3-6-1-2-6/h5-6,8,13H,1-4H2,(H3,10,11,12). The third-order valence-electron chi connectivity index (χ3n) is 2.60. The third kappa shape index (κ3) is 2.01. The first-order valence-electron chi connectivity index (χ1n) is 4.74. The Bertz CT molecular complexity index is 280. The number of nitrogens with zero attached hydrogens (tertiary/aromatic N) is 1. The molecule has 0 aliphatic heterocycles. The summed E-state index contributed by atoms with van der Waals surface area (Å²) >= 11 is 0. The molecule has 2 rings (SSSR count). The number of nitrogen functional groups attached to an aromatic ring is 1. The van der Waals surface area contributed by atoms with Crippen molar-refractivity contribution in [1.29, 1.82) is 0 Å². The van der Waals surface area contributed by atoms with Gasteiger partial charge in [0.25, 0.3) is 0 Å². The number of hydrogen-bond donors (Lipinski definition) is 3. The Hall–Kier alpha value is -1.03. The predicted molar refractivity (Wildman–Crippen MR) is 49.9 cm³/mol. The number of aliphatic hydroxyl groups is 1. The van der Waals surface area contributed by atoms with Gasteiger partial charge in [0.05, 0.1) is 12.3 Å². The summed E-state index contributed by atoms with van der Waals surface area (Å²) in [5, 5.41) is 16.1. The number of aliphatic hydroxyl groups excluding tert-OH is 1. The van der Waals surface area contributed by atoms with E-state index in [9.17, 15) is 5.11 Å². The van der Waals surface area contributed by atoms with E-state index in [0.717, 1.165) is 24.3 Å². The van der Waals surface area contributed by atoms with Crippen molar-refractivity contribution in [3.63, 3.8) is 0 Å². The zero-order valence-corrected chi connectivity index (χ0v) is 7.53. The van der Waals surface area contributed by atoms with Gasteiger partial charge in [-0.15, -0.1) is 0 Å². The molecule has 72 valence electrons. The van der Waals surface area contributed by atoms with Crippen LogP contribution in [0.25, 0.3) is 0 Å². The summed E-state index contributed by atoms with van der Waals surface area (Å²) in [6.45, 7) is 0. The van der Waals surface area contributed by atoms with E-state index in [0.29, 0.717) is 5.82 Å². The molecule has 1 atom stereocenters.